The summed E-state index contributed by atoms with van der Waals surface area (Å²) in [4.78, 5) is 10.7. The lowest BCUT2D eigenvalue weighted by atomic mass is 10.2. The molecular weight excluding hydrogens is 278 g/mol. The lowest BCUT2D eigenvalue weighted by Gasteiger charge is -2.21. The number of sulfonamides is 1. The topological polar surface area (TPSA) is 92.7 Å². The molecule has 1 saturated carbocycles. The highest BCUT2D eigenvalue weighted by atomic mass is 32.2. The van der Waals surface area contributed by atoms with Crippen LogP contribution in [-0.4, -0.2) is 34.0 Å². The standard InChI is InChI=1S/C12H17N5O2S/c1-9-14-7-12(15-9)20(18,19)16-10-3-2-4-11(10)17-6-5-13-8-17/h5-8,10-11,16H,2-4H2,1H3,(H,14,15). The van der Waals surface area contributed by atoms with Crippen LogP contribution in [0.2, 0.25) is 0 Å². The van der Waals surface area contributed by atoms with Gasteiger partial charge >= 0.3 is 0 Å². The molecule has 0 aliphatic heterocycles. The third-order valence-corrected chi connectivity index (χ3v) is 5.06. The molecule has 2 atom stereocenters. The first-order valence-electron chi connectivity index (χ1n) is 6.57. The van der Waals surface area contributed by atoms with Crippen LogP contribution in [0.4, 0.5) is 0 Å². The summed E-state index contributed by atoms with van der Waals surface area (Å²) < 4.78 is 29.4. The van der Waals surface area contributed by atoms with Gasteiger partial charge < -0.3 is 9.55 Å². The predicted molar refractivity (Wildman–Crippen MR) is 72.5 cm³/mol. The largest absolute Gasteiger partial charge is 0.333 e. The van der Waals surface area contributed by atoms with Gasteiger partial charge in [-0.2, -0.15) is 0 Å². The van der Waals surface area contributed by atoms with Crippen molar-refractivity contribution < 1.29 is 8.42 Å². The Labute approximate surface area is 117 Å². The summed E-state index contributed by atoms with van der Waals surface area (Å²) in [6.07, 6.45) is 9.44. The fourth-order valence-electron chi connectivity index (χ4n) is 2.70. The number of aromatic nitrogens is 4. The van der Waals surface area contributed by atoms with Crippen molar-refractivity contribution in [2.24, 2.45) is 0 Å². The molecule has 0 amide bonds. The first-order valence-corrected chi connectivity index (χ1v) is 8.06. The van der Waals surface area contributed by atoms with Gasteiger partial charge in [-0.05, 0) is 26.2 Å². The predicted octanol–water partition coefficient (Wildman–Crippen LogP) is 0.987. The van der Waals surface area contributed by atoms with Gasteiger partial charge in [-0.25, -0.2) is 23.1 Å². The third-order valence-electron chi connectivity index (χ3n) is 3.66. The molecule has 2 aromatic heterocycles. The van der Waals surface area contributed by atoms with E-state index in [0.717, 1.165) is 19.3 Å². The number of hydrogen-bond donors (Lipinski definition) is 2. The number of aryl methyl sites for hydroxylation is 1. The first kappa shape index (κ1) is 13.3. The quantitative estimate of drug-likeness (QED) is 0.879. The Morgan fingerprint density at radius 3 is 2.95 bits per heavy atom. The van der Waals surface area contributed by atoms with Crippen LogP contribution in [0.5, 0.6) is 0 Å². The van der Waals surface area contributed by atoms with E-state index in [1.54, 1.807) is 19.4 Å². The fraction of sp³-hybridized carbons (Fsp3) is 0.500. The maximum Gasteiger partial charge on any atom is 0.257 e. The Morgan fingerprint density at radius 2 is 2.30 bits per heavy atom. The minimum atomic E-state index is -3.55. The van der Waals surface area contributed by atoms with Gasteiger partial charge in [0.05, 0.1) is 18.6 Å². The second-order valence-electron chi connectivity index (χ2n) is 5.07. The van der Waals surface area contributed by atoms with Crippen LogP contribution in [0.15, 0.2) is 29.9 Å². The molecule has 1 aliphatic rings. The number of hydrogen-bond acceptors (Lipinski definition) is 4. The monoisotopic (exact) mass is 295 g/mol. The Morgan fingerprint density at radius 1 is 1.45 bits per heavy atom. The van der Waals surface area contributed by atoms with Gasteiger partial charge in [-0.15, -0.1) is 0 Å². The minimum Gasteiger partial charge on any atom is -0.333 e. The number of imidazole rings is 2. The third kappa shape index (κ3) is 2.48. The van der Waals surface area contributed by atoms with Crippen LogP contribution in [0.25, 0.3) is 0 Å². The van der Waals surface area contributed by atoms with Crippen molar-refractivity contribution in [2.45, 2.75) is 43.3 Å². The molecule has 3 rings (SSSR count). The number of rotatable bonds is 4. The average Bonchev–Trinajstić information content (AvgIpc) is 3.07. The number of nitrogens with zero attached hydrogens (tertiary/aromatic N) is 3. The summed E-state index contributed by atoms with van der Waals surface area (Å²) in [6.45, 7) is 1.73. The van der Waals surface area contributed by atoms with Crippen LogP contribution in [-0.2, 0) is 10.0 Å². The molecule has 0 saturated heterocycles. The van der Waals surface area contributed by atoms with Gasteiger partial charge in [0, 0.05) is 18.4 Å². The molecule has 2 unspecified atom stereocenters. The molecule has 8 heteroatoms. The zero-order valence-electron chi connectivity index (χ0n) is 11.2. The van der Waals surface area contributed by atoms with E-state index in [-0.39, 0.29) is 17.1 Å². The van der Waals surface area contributed by atoms with Gasteiger partial charge in [0.2, 0.25) is 0 Å². The fourth-order valence-corrected chi connectivity index (χ4v) is 3.97. The Balaban J connectivity index is 1.80. The van der Waals surface area contributed by atoms with E-state index in [1.165, 1.54) is 6.20 Å². The summed E-state index contributed by atoms with van der Waals surface area (Å²) in [6, 6.07) is 0.00843. The van der Waals surface area contributed by atoms with Crippen LogP contribution in [0.1, 0.15) is 31.1 Å². The Hall–Kier alpha value is -1.67. The maximum absolute atomic E-state index is 12.3. The molecule has 0 radical (unpaired) electrons. The van der Waals surface area contributed by atoms with Crippen LogP contribution in [0.3, 0.4) is 0 Å². The maximum atomic E-state index is 12.3. The van der Waals surface area contributed by atoms with Crippen LogP contribution >= 0.6 is 0 Å². The normalized spacial score (nSPS) is 23.2. The van der Waals surface area contributed by atoms with Gasteiger partial charge in [0.25, 0.3) is 10.0 Å². The van der Waals surface area contributed by atoms with Crippen molar-refractivity contribution in [3.63, 3.8) is 0 Å². The molecule has 20 heavy (non-hydrogen) atoms. The van der Waals surface area contributed by atoms with Crippen LogP contribution in [0, 0.1) is 6.92 Å². The Bertz CT molecular complexity index is 677. The summed E-state index contributed by atoms with van der Waals surface area (Å²) in [5, 5.41) is 0.117. The van der Waals surface area contributed by atoms with E-state index < -0.39 is 10.0 Å². The number of nitrogens with one attached hydrogen (secondary N) is 2. The van der Waals surface area contributed by atoms with E-state index in [0.29, 0.717) is 5.82 Å². The molecule has 7 nitrogen and oxygen atoms in total. The molecule has 0 bridgehead atoms. The van der Waals surface area contributed by atoms with Crippen molar-refractivity contribution in [3.05, 3.63) is 30.7 Å². The average molecular weight is 295 g/mol. The highest BCUT2D eigenvalue weighted by molar-refractivity contribution is 7.89. The summed E-state index contributed by atoms with van der Waals surface area (Å²) in [5.41, 5.74) is 0. The van der Waals surface area contributed by atoms with Gasteiger partial charge in [-0.3, -0.25) is 0 Å². The molecule has 1 fully saturated rings. The van der Waals surface area contributed by atoms with E-state index in [1.807, 2.05) is 10.8 Å². The summed E-state index contributed by atoms with van der Waals surface area (Å²) in [5.74, 6) is 0.586. The molecule has 0 aromatic carbocycles. The van der Waals surface area contributed by atoms with Gasteiger partial charge in [0.1, 0.15) is 5.82 Å². The highest BCUT2D eigenvalue weighted by Crippen LogP contribution is 2.30. The second kappa shape index (κ2) is 5.02. The molecule has 108 valence electrons. The van der Waals surface area contributed by atoms with Crippen LogP contribution < -0.4 is 4.72 Å². The van der Waals surface area contributed by atoms with E-state index in [4.69, 9.17) is 0 Å². The van der Waals surface area contributed by atoms with Crippen molar-refractivity contribution >= 4 is 10.0 Å². The Kier molecular flexibility index (Phi) is 3.35. The smallest absolute Gasteiger partial charge is 0.257 e. The molecule has 0 spiro atoms. The molecule has 2 N–H and O–H groups in total. The van der Waals surface area contributed by atoms with Gasteiger partial charge in [0.15, 0.2) is 5.03 Å². The SMILES string of the molecule is Cc1ncc(S(=O)(=O)NC2CCCC2n2ccnc2)[nH]1. The van der Waals surface area contributed by atoms with Gasteiger partial charge in [-0.1, -0.05) is 0 Å². The molecule has 2 aromatic rings. The summed E-state index contributed by atoms with van der Waals surface area (Å²) in [7, 11) is -3.55. The minimum absolute atomic E-state index is 0.113. The van der Waals surface area contributed by atoms with E-state index in [2.05, 4.69) is 19.7 Å². The highest BCUT2D eigenvalue weighted by Gasteiger charge is 2.32. The number of H-pyrrole nitrogens is 1. The second-order valence-corrected chi connectivity index (χ2v) is 6.75. The van der Waals surface area contributed by atoms with Crippen molar-refractivity contribution in [1.82, 2.24) is 24.2 Å². The van der Waals surface area contributed by atoms with Crippen molar-refractivity contribution in [2.75, 3.05) is 0 Å². The van der Waals surface area contributed by atoms with E-state index in [9.17, 15) is 8.42 Å². The van der Waals surface area contributed by atoms with E-state index >= 15 is 0 Å². The lowest BCUT2D eigenvalue weighted by molar-refractivity contribution is 0.430. The molecule has 2 heterocycles. The van der Waals surface area contributed by atoms with Crippen molar-refractivity contribution in [3.8, 4) is 0 Å². The zero-order valence-corrected chi connectivity index (χ0v) is 12.0. The summed E-state index contributed by atoms with van der Waals surface area (Å²) >= 11 is 0. The lowest BCUT2D eigenvalue weighted by Crippen LogP contribution is -2.38. The number of aromatic amines is 1. The zero-order chi connectivity index (χ0) is 14.2. The molecule has 1 aliphatic carbocycles. The van der Waals surface area contributed by atoms with Crippen molar-refractivity contribution in [1.29, 1.82) is 0 Å². The first-order chi connectivity index (χ1) is 9.56. The molecular formula is C12H17N5O2S.